The molecule has 0 spiro atoms. The number of ether oxygens (including phenoxy) is 1. The van der Waals surface area contributed by atoms with Crippen LogP contribution in [0, 0.1) is 0 Å². The van der Waals surface area contributed by atoms with Crippen molar-refractivity contribution in [2.75, 3.05) is 17.2 Å². The Morgan fingerprint density at radius 2 is 1.76 bits per heavy atom. The molecule has 1 aliphatic heterocycles. The van der Waals surface area contributed by atoms with Gasteiger partial charge in [-0.3, -0.25) is 4.79 Å². The Balaban J connectivity index is 1.54. The molecule has 1 aliphatic rings. The van der Waals surface area contributed by atoms with Gasteiger partial charge in [0.25, 0.3) is 5.91 Å². The first-order valence-corrected chi connectivity index (χ1v) is 7.97. The number of para-hydroxylation sites is 1. The summed E-state index contributed by atoms with van der Waals surface area (Å²) >= 11 is 0. The number of carbonyl (C=O) groups excluding carboxylic acids is 2. The Labute approximate surface area is 145 Å². The minimum atomic E-state index is -0.528. The van der Waals surface area contributed by atoms with Gasteiger partial charge in [-0.1, -0.05) is 24.3 Å². The Morgan fingerprint density at radius 3 is 2.44 bits per heavy atom. The fraction of sp³-hybridized carbons (Fsp3) is 0.158. The summed E-state index contributed by atoms with van der Waals surface area (Å²) in [6.45, 7) is 3.92. The van der Waals surface area contributed by atoms with Gasteiger partial charge in [0.1, 0.15) is 5.75 Å². The van der Waals surface area contributed by atoms with E-state index in [1.54, 1.807) is 30.3 Å². The molecule has 1 heterocycles. The number of amides is 3. The number of hydrogen-bond donors (Lipinski definition) is 3. The first kappa shape index (κ1) is 16.6. The van der Waals surface area contributed by atoms with Crippen LogP contribution in [0.5, 0.6) is 5.75 Å². The van der Waals surface area contributed by atoms with Crippen molar-refractivity contribution >= 4 is 23.3 Å². The van der Waals surface area contributed by atoms with E-state index in [4.69, 9.17) is 4.74 Å². The van der Waals surface area contributed by atoms with Crippen molar-refractivity contribution in [2.45, 2.75) is 12.5 Å². The molecule has 2 aromatic carbocycles. The molecule has 1 unspecified atom stereocenters. The number of anilines is 2. The van der Waals surface area contributed by atoms with E-state index in [-0.39, 0.29) is 11.9 Å². The second-order valence-corrected chi connectivity index (χ2v) is 5.61. The lowest BCUT2D eigenvalue weighted by Crippen LogP contribution is -2.31. The molecule has 1 atom stereocenters. The van der Waals surface area contributed by atoms with E-state index in [1.165, 1.54) is 0 Å². The average Bonchev–Trinajstić information content (AvgIpc) is 3.06. The highest BCUT2D eigenvalue weighted by atomic mass is 16.5. The quantitative estimate of drug-likeness (QED) is 0.734. The van der Waals surface area contributed by atoms with Crippen LogP contribution in [0.3, 0.4) is 0 Å². The molecule has 6 nitrogen and oxygen atoms in total. The monoisotopic (exact) mass is 337 g/mol. The first-order chi connectivity index (χ1) is 12.2. The van der Waals surface area contributed by atoms with Crippen molar-refractivity contribution in [1.29, 1.82) is 0 Å². The van der Waals surface area contributed by atoms with Gasteiger partial charge in [0, 0.05) is 24.3 Å². The molecule has 0 saturated heterocycles. The Kier molecular flexibility index (Phi) is 4.99. The van der Waals surface area contributed by atoms with Crippen molar-refractivity contribution in [3.8, 4) is 5.75 Å². The van der Waals surface area contributed by atoms with Gasteiger partial charge in [-0.15, -0.1) is 6.58 Å². The minimum Gasteiger partial charge on any atom is -0.480 e. The van der Waals surface area contributed by atoms with Crippen LogP contribution in [0.2, 0.25) is 0 Å². The van der Waals surface area contributed by atoms with Crippen molar-refractivity contribution in [3.63, 3.8) is 0 Å². The van der Waals surface area contributed by atoms with Crippen LogP contribution in [-0.4, -0.2) is 24.6 Å². The van der Waals surface area contributed by atoms with Gasteiger partial charge < -0.3 is 20.7 Å². The van der Waals surface area contributed by atoms with Gasteiger partial charge in [0.15, 0.2) is 6.10 Å². The maximum atomic E-state index is 12.3. The highest BCUT2D eigenvalue weighted by Gasteiger charge is 2.28. The van der Waals surface area contributed by atoms with Crippen LogP contribution in [0.15, 0.2) is 61.2 Å². The molecule has 25 heavy (non-hydrogen) atoms. The Bertz CT molecular complexity index is 762. The van der Waals surface area contributed by atoms with Gasteiger partial charge in [0.2, 0.25) is 0 Å². The van der Waals surface area contributed by atoms with Crippen molar-refractivity contribution in [3.05, 3.63) is 66.7 Å². The van der Waals surface area contributed by atoms with Gasteiger partial charge >= 0.3 is 6.03 Å². The number of carbonyl (C=O) groups is 2. The van der Waals surface area contributed by atoms with Crippen molar-refractivity contribution in [2.24, 2.45) is 0 Å². The number of rotatable bonds is 5. The van der Waals surface area contributed by atoms with E-state index in [1.807, 2.05) is 24.3 Å². The predicted molar refractivity (Wildman–Crippen MR) is 96.9 cm³/mol. The Hall–Kier alpha value is -3.28. The van der Waals surface area contributed by atoms with E-state index in [2.05, 4.69) is 22.5 Å². The minimum absolute atomic E-state index is 0.194. The van der Waals surface area contributed by atoms with E-state index in [0.29, 0.717) is 24.3 Å². The maximum Gasteiger partial charge on any atom is 0.319 e. The fourth-order valence-electron chi connectivity index (χ4n) is 2.53. The standard InChI is InChI=1S/C19H19N3O3/c1-2-11-20-19(24)22-15-9-7-14(8-10-15)21-18(23)17-12-13-5-3-4-6-16(13)25-17/h2-10,17H,1,11-12H2,(H,21,23)(H2,20,22,24). The topological polar surface area (TPSA) is 79.5 Å². The maximum absolute atomic E-state index is 12.3. The molecule has 0 fully saturated rings. The molecule has 3 rings (SSSR count). The molecule has 0 aliphatic carbocycles. The average molecular weight is 337 g/mol. The molecular weight excluding hydrogens is 318 g/mol. The molecule has 3 amide bonds. The molecule has 0 saturated carbocycles. The largest absolute Gasteiger partial charge is 0.480 e. The van der Waals surface area contributed by atoms with Crippen LogP contribution < -0.4 is 20.7 Å². The fourth-order valence-corrected chi connectivity index (χ4v) is 2.53. The number of nitrogens with one attached hydrogen (secondary N) is 3. The molecule has 0 bridgehead atoms. The summed E-state index contributed by atoms with van der Waals surface area (Å²) in [5, 5.41) is 8.14. The molecule has 128 valence electrons. The van der Waals surface area contributed by atoms with Gasteiger partial charge in [-0.2, -0.15) is 0 Å². The molecule has 3 N–H and O–H groups in total. The van der Waals surface area contributed by atoms with Gasteiger partial charge in [0.05, 0.1) is 0 Å². The summed E-state index contributed by atoms with van der Waals surface area (Å²) < 4.78 is 5.67. The van der Waals surface area contributed by atoms with E-state index >= 15 is 0 Å². The molecule has 0 aromatic heterocycles. The van der Waals surface area contributed by atoms with Crippen LogP contribution in [-0.2, 0) is 11.2 Å². The lowest BCUT2D eigenvalue weighted by molar-refractivity contribution is -0.122. The van der Waals surface area contributed by atoms with E-state index in [0.717, 1.165) is 11.3 Å². The first-order valence-electron chi connectivity index (χ1n) is 7.97. The molecule has 6 heteroatoms. The third-order valence-corrected chi connectivity index (χ3v) is 3.76. The summed E-state index contributed by atoms with van der Waals surface area (Å²) in [6.07, 6.45) is 1.63. The molecule has 2 aromatic rings. The molecular formula is C19H19N3O3. The predicted octanol–water partition coefficient (Wildman–Crippen LogP) is 2.94. The number of fused-ring (bicyclic) bond motifs is 1. The highest BCUT2D eigenvalue weighted by molar-refractivity contribution is 5.95. The van der Waals surface area contributed by atoms with Crippen LogP contribution >= 0.6 is 0 Å². The summed E-state index contributed by atoms with van der Waals surface area (Å²) in [5.41, 5.74) is 2.30. The smallest absolute Gasteiger partial charge is 0.319 e. The Morgan fingerprint density at radius 1 is 1.08 bits per heavy atom. The van der Waals surface area contributed by atoms with Crippen LogP contribution in [0.4, 0.5) is 16.2 Å². The van der Waals surface area contributed by atoms with Gasteiger partial charge in [-0.05, 0) is 35.9 Å². The zero-order valence-corrected chi connectivity index (χ0v) is 13.6. The second-order valence-electron chi connectivity index (χ2n) is 5.61. The van der Waals surface area contributed by atoms with Crippen LogP contribution in [0.1, 0.15) is 5.56 Å². The van der Waals surface area contributed by atoms with E-state index < -0.39 is 6.10 Å². The highest BCUT2D eigenvalue weighted by Crippen LogP contribution is 2.28. The SMILES string of the molecule is C=CCNC(=O)Nc1ccc(NC(=O)C2Cc3ccccc3O2)cc1. The van der Waals surface area contributed by atoms with Crippen LogP contribution in [0.25, 0.3) is 0 Å². The molecule has 0 radical (unpaired) electrons. The van der Waals surface area contributed by atoms with Gasteiger partial charge in [-0.25, -0.2) is 4.79 Å². The normalized spacial score (nSPS) is 14.8. The van der Waals surface area contributed by atoms with Crippen molar-refractivity contribution in [1.82, 2.24) is 5.32 Å². The summed E-state index contributed by atoms with van der Waals surface area (Å²) in [5.74, 6) is 0.563. The summed E-state index contributed by atoms with van der Waals surface area (Å²) in [4.78, 5) is 23.9. The summed E-state index contributed by atoms with van der Waals surface area (Å²) in [6, 6.07) is 14.2. The third kappa shape index (κ3) is 4.17. The number of benzene rings is 2. The zero-order valence-electron chi connectivity index (χ0n) is 13.6. The second kappa shape index (κ2) is 7.53. The lowest BCUT2D eigenvalue weighted by Gasteiger charge is -2.12. The van der Waals surface area contributed by atoms with E-state index in [9.17, 15) is 9.59 Å². The lowest BCUT2D eigenvalue weighted by atomic mass is 10.1. The van der Waals surface area contributed by atoms with Crippen molar-refractivity contribution < 1.29 is 14.3 Å². The number of hydrogen-bond acceptors (Lipinski definition) is 3. The third-order valence-electron chi connectivity index (χ3n) is 3.76. The summed E-state index contributed by atoms with van der Waals surface area (Å²) in [7, 11) is 0. The zero-order chi connectivity index (χ0) is 17.6. The number of urea groups is 1.